The van der Waals surface area contributed by atoms with E-state index in [-0.39, 0.29) is 7.92 Å². The standard InChI is InChI=1S/C12H18BrP/c1-9(2)14(10(3)4)12-7-5-11(13)6-8-12/h5-10H,1-4H3. The van der Waals surface area contributed by atoms with Gasteiger partial charge >= 0.3 is 0 Å². The fraction of sp³-hybridized carbons (Fsp3) is 0.500. The molecule has 0 amide bonds. The minimum atomic E-state index is -0.00699. The van der Waals surface area contributed by atoms with Crippen molar-refractivity contribution in [2.75, 3.05) is 0 Å². The Kier molecular flexibility index (Phi) is 4.60. The highest BCUT2D eigenvalue weighted by atomic mass is 79.9. The van der Waals surface area contributed by atoms with Gasteiger partial charge in [0.25, 0.3) is 0 Å². The van der Waals surface area contributed by atoms with Gasteiger partial charge in [-0.2, -0.15) is 0 Å². The van der Waals surface area contributed by atoms with Gasteiger partial charge in [-0.05, 0) is 28.8 Å². The average Bonchev–Trinajstić information content (AvgIpc) is 2.07. The molecule has 1 aromatic rings. The van der Waals surface area contributed by atoms with Crippen molar-refractivity contribution < 1.29 is 0 Å². The largest absolute Gasteiger partial charge is 0.0701 e. The maximum absolute atomic E-state index is 3.48. The third-order valence-electron chi connectivity index (χ3n) is 2.24. The second-order valence-electron chi connectivity index (χ2n) is 4.07. The minimum Gasteiger partial charge on any atom is -0.0701 e. The summed E-state index contributed by atoms with van der Waals surface area (Å²) in [5, 5.41) is 1.52. The van der Waals surface area contributed by atoms with Gasteiger partial charge in [-0.25, -0.2) is 0 Å². The molecular formula is C12H18BrP. The predicted octanol–water partition coefficient (Wildman–Crippen LogP) is 4.37. The quantitative estimate of drug-likeness (QED) is 0.717. The van der Waals surface area contributed by atoms with E-state index in [1.54, 1.807) is 0 Å². The lowest BCUT2D eigenvalue weighted by Gasteiger charge is -2.26. The van der Waals surface area contributed by atoms with Gasteiger partial charge in [0.15, 0.2) is 0 Å². The Balaban J connectivity index is 2.94. The van der Waals surface area contributed by atoms with Crippen LogP contribution in [0.15, 0.2) is 28.7 Å². The summed E-state index contributed by atoms with van der Waals surface area (Å²) in [6.07, 6.45) is 0. The first-order valence-electron chi connectivity index (χ1n) is 5.06. The molecule has 0 heterocycles. The number of benzene rings is 1. The van der Waals surface area contributed by atoms with Gasteiger partial charge in [-0.3, -0.25) is 0 Å². The molecule has 0 radical (unpaired) electrons. The van der Waals surface area contributed by atoms with Crippen LogP contribution in [-0.4, -0.2) is 11.3 Å². The fourth-order valence-corrected chi connectivity index (χ4v) is 4.95. The molecule has 0 aliphatic heterocycles. The lowest BCUT2D eigenvalue weighted by Crippen LogP contribution is -2.14. The maximum Gasteiger partial charge on any atom is 0.0175 e. The van der Waals surface area contributed by atoms with Gasteiger partial charge in [-0.1, -0.05) is 63.7 Å². The third kappa shape index (κ3) is 3.07. The molecule has 78 valence electrons. The molecule has 0 N–H and O–H groups in total. The van der Waals surface area contributed by atoms with Crippen LogP contribution < -0.4 is 5.30 Å². The molecule has 14 heavy (non-hydrogen) atoms. The van der Waals surface area contributed by atoms with Gasteiger partial charge in [0, 0.05) is 4.47 Å². The summed E-state index contributed by atoms with van der Waals surface area (Å²) < 4.78 is 1.17. The van der Waals surface area contributed by atoms with E-state index >= 15 is 0 Å². The highest BCUT2D eigenvalue weighted by molar-refractivity contribution is 9.10. The van der Waals surface area contributed by atoms with Crippen molar-refractivity contribution in [1.82, 2.24) is 0 Å². The van der Waals surface area contributed by atoms with Crippen LogP contribution in [0.25, 0.3) is 0 Å². The molecule has 1 rings (SSSR count). The summed E-state index contributed by atoms with van der Waals surface area (Å²) in [6.45, 7) is 9.31. The van der Waals surface area contributed by atoms with E-state index < -0.39 is 0 Å². The normalized spacial score (nSPS) is 11.7. The topological polar surface area (TPSA) is 0 Å². The predicted molar refractivity (Wildman–Crippen MR) is 71.0 cm³/mol. The van der Waals surface area contributed by atoms with Gasteiger partial charge in [0.1, 0.15) is 0 Å². The van der Waals surface area contributed by atoms with Crippen molar-refractivity contribution in [2.24, 2.45) is 0 Å². The molecule has 0 bridgehead atoms. The molecule has 0 fully saturated rings. The van der Waals surface area contributed by atoms with Gasteiger partial charge < -0.3 is 0 Å². The van der Waals surface area contributed by atoms with Crippen molar-refractivity contribution >= 4 is 29.2 Å². The zero-order valence-corrected chi connectivity index (χ0v) is 11.8. The van der Waals surface area contributed by atoms with Crippen LogP contribution in [0, 0.1) is 0 Å². The Bertz CT molecular complexity index is 269. The molecule has 0 aliphatic carbocycles. The summed E-state index contributed by atoms with van der Waals surface area (Å²) >= 11 is 3.48. The SMILES string of the molecule is CC(C)P(c1ccc(Br)cc1)C(C)C. The van der Waals surface area contributed by atoms with Crippen LogP contribution in [0.5, 0.6) is 0 Å². The monoisotopic (exact) mass is 272 g/mol. The van der Waals surface area contributed by atoms with Gasteiger partial charge in [0.05, 0.1) is 0 Å². The molecule has 0 saturated carbocycles. The molecule has 0 unspecified atom stereocenters. The number of halogens is 1. The highest BCUT2D eigenvalue weighted by Gasteiger charge is 2.18. The summed E-state index contributed by atoms with van der Waals surface area (Å²) in [4.78, 5) is 0. The molecule has 1 aromatic carbocycles. The second-order valence-corrected chi connectivity index (χ2v) is 8.38. The Hall–Kier alpha value is 0.130. The summed E-state index contributed by atoms with van der Waals surface area (Å²) in [6, 6.07) is 8.82. The maximum atomic E-state index is 3.48. The third-order valence-corrected chi connectivity index (χ3v) is 5.89. The first kappa shape index (κ1) is 12.2. The van der Waals surface area contributed by atoms with E-state index in [1.807, 2.05) is 0 Å². The van der Waals surface area contributed by atoms with E-state index in [2.05, 4.69) is 67.9 Å². The second kappa shape index (κ2) is 5.28. The van der Waals surface area contributed by atoms with Crippen molar-refractivity contribution in [3.8, 4) is 0 Å². The van der Waals surface area contributed by atoms with E-state index in [4.69, 9.17) is 0 Å². The molecular weight excluding hydrogens is 255 g/mol. The smallest absolute Gasteiger partial charge is 0.0175 e. The number of hydrogen-bond acceptors (Lipinski definition) is 0. The van der Waals surface area contributed by atoms with Crippen LogP contribution >= 0.6 is 23.9 Å². The van der Waals surface area contributed by atoms with E-state index in [1.165, 1.54) is 9.78 Å². The van der Waals surface area contributed by atoms with Crippen LogP contribution in [0.2, 0.25) is 0 Å². The molecule has 2 heteroatoms. The fourth-order valence-electron chi connectivity index (χ4n) is 1.81. The molecule has 0 spiro atoms. The zero-order chi connectivity index (χ0) is 10.7. The van der Waals surface area contributed by atoms with E-state index in [0.29, 0.717) is 0 Å². The van der Waals surface area contributed by atoms with Crippen molar-refractivity contribution in [3.05, 3.63) is 28.7 Å². The highest BCUT2D eigenvalue weighted by Crippen LogP contribution is 2.44. The van der Waals surface area contributed by atoms with Crippen LogP contribution in [-0.2, 0) is 0 Å². The minimum absolute atomic E-state index is 0.00699. The molecule has 0 atom stereocenters. The van der Waals surface area contributed by atoms with Crippen LogP contribution in [0.3, 0.4) is 0 Å². The zero-order valence-electron chi connectivity index (χ0n) is 9.29. The first-order valence-corrected chi connectivity index (χ1v) is 7.33. The number of hydrogen-bond donors (Lipinski definition) is 0. The average molecular weight is 273 g/mol. The lowest BCUT2D eigenvalue weighted by atomic mass is 10.4. The van der Waals surface area contributed by atoms with Crippen LogP contribution in [0.4, 0.5) is 0 Å². The summed E-state index contributed by atoms with van der Waals surface area (Å²) in [5.41, 5.74) is 1.54. The Morgan fingerprint density at radius 1 is 0.929 bits per heavy atom. The first-order chi connectivity index (χ1) is 6.52. The Morgan fingerprint density at radius 2 is 1.36 bits per heavy atom. The molecule has 0 aliphatic rings. The molecule has 0 saturated heterocycles. The summed E-state index contributed by atoms with van der Waals surface area (Å²) in [5.74, 6) is 0. The van der Waals surface area contributed by atoms with Crippen molar-refractivity contribution in [3.63, 3.8) is 0 Å². The van der Waals surface area contributed by atoms with E-state index in [9.17, 15) is 0 Å². The Labute approximate surface area is 97.0 Å². The Morgan fingerprint density at radius 3 is 1.71 bits per heavy atom. The van der Waals surface area contributed by atoms with Gasteiger partial charge in [-0.15, -0.1) is 0 Å². The number of rotatable bonds is 3. The van der Waals surface area contributed by atoms with Crippen molar-refractivity contribution in [1.29, 1.82) is 0 Å². The van der Waals surface area contributed by atoms with E-state index in [0.717, 1.165) is 11.3 Å². The molecule has 0 nitrogen and oxygen atoms in total. The lowest BCUT2D eigenvalue weighted by molar-refractivity contribution is 1.02. The van der Waals surface area contributed by atoms with Crippen LogP contribution in [0.1, 0.15) is 27.7 Å². The summed E-state index contributed by atoms with van der Waals surface area (Å²) in [7, 11) is -0.00699. The van der Waals surface area contributed by atoms with Gasteiger partial charge in [0.2, 0.25) is 0 Å². The molecule has 0 aromatic heterocycles. The van der Waals surface area contributed by atoms with Crippen molar-refractivity contribution in [2.45, 2.75) is 39.0 Å².